The van der Waals surface area contributed by atoms with E-state index in [1.807, 2.05) is 0 Å². The highest BCUT2D eigenvalue weighted by atomic mass is 15.1. The molecule has 1 fully saturated rings. The molecule has 0 aromatic heterocycles. The van der Waals surface area contributed by atoms with Crippen molar-refractivity contribution < 1.29 is 0 Å². The molecule has 0 bridgehead atoms. The molecule has 1 aliphatic heterocycles. The van der Waals surface area contributed by atoms with Crippen LogP contribution in [0.25, 0.3) is 0 Å². The second kappa shape index (κ2) is 1.83. The topological polar surface area (TPSA) is 3.24 Å². The van der Waals surface area contributed by atoms with Crippen molar-refractivity contribution in [3.05, 3.63) is 6.92 Å². The van der Waals surface area contributed by atoms with Gasteiger partial charge >= 0.3 is 0 Å². The summed E-state index contributed by atoms with van der Waals surface area (Å²) in [6.45, 7) is 5.19. The van der Waals surface area contributed by atoms with Crippen LogP contribution in [0.5, 0.6) is 0 Å². The van der Waals surface area contributed by atoms with Crippen LogP contribution in [0.15, 0.2) is 0 Å². The van der Waals surface area contributed by atoms with Gasteiger partial charge in [0.15, 0.2) is 0 Å². The van der Waals surface area contributed by atoms with Crippen LogP contribution in [0.4, 0.5) is 0 Å². The second-order valence-electron chi connectivity index (χ2n) is 2.28. The first-order valence-corrected chi connectivity index (χ1v) is 2.84. The van der Waals surface area contributed by atoms with Gasteiger partial charge in [0.2, 0.25) is 0 Å². The van der Waals surface area contributed by atoms with Crippen LogP contribution in [-0.4, -0.2) is 24.5 Å². The van der Waals surface area contributed by atoms with Gasteiger partial charge in [-0.15, -0.1) is 0 Å². The van der Waals surface area contributed by atoms with E-state index >= 15 is 0 Å². The molecule has 0 amide bonds. The first-order valence-electron chi connectivity index (χ1n) is 2.84. The third-order valence-electron chi connectivity index (χ3n) is 1.67. The van der Waals surface area contributed by atoms with E-state index in [0.29, 0.717) is 6.04 Å². The van der Waals surface area contributed by atoms with Gasteiger partial charge < -0.3 is 4.90 Å². The summed E-state index contributed by atoms with van der Waals surface area (Å²) in [5.74, 6) is 0. The standard InChI is InChI=1S/C6H12N/c1-6-4-3-5-7(6)2/h6H,1,3-5H2,2H3/t6-/m0/s1. The molecular formula is C6H12N. The SMILES string of the molecule is [CH2][C@H]1CCCN1C. The van der Waals surface area contributed by atoms with E-state index in [2.05, 4.69) is 18.9 Å². The predicted octanol–water partition coefficient (Wildman–Crippen LogP) is 0.915. The van der Waals surface area contributed by atoms with Crippen LogP contribution >= 0.6 is 0 Å². The minimum atomic E-state index is 0.597. The van der Waals surface area contributed by atoms with E-state index in [1.165, 1.54) is 19.4 Å². The average Bonchev–Trinajstić information content (AvgIpc) is 1.91. The zero-order valence-electron chi connectivity index (χ0n) is 4.85. The van der Waals surface area contributed by atoms with E-state index in [-0.39, 0.29) is 0 Å². The molecule has 1 saturated heterocycles. The number of rotatable bonds is 0. The molecule has 0 unspecified atom stereocenters. The summed E-state index contributed by atoms with van der Waals surface area (Å²) in [5, 5.41) is 0. The van der Waals surface area contributed by atoms with Crippen molar-refractivity contribution in [1.29, 1.82) is 0 Å². The van der Waals surface area contributed by atoms with Crippen molar-refractivity contribution >= 4 is 0 Å². The third kappa shape index (κ3) is 0.942. The lowest BCUT2D eigenvalue weighted by Crippen LogP contribution is -2.21. The Hall–Kier alpha value is -0.0400. The molecule has 41 valence electrons. The number of likely N-dealkylation sites (tertiary alicyclic amines) is 1. The molecule has 1 rings (SSSR count). The summed E-state index contributed by atoms with van der Waals surface area (Å²) in [6, 6.07) is 0.597. The molecular weight excluding hydrogens is 86.1 g/mol. The molecule has 1 aliphatic rings. The largest absolute Gasteiger partial charge is 0.303 e. The molecule has 0 aromatic rings. The summed E-state index contributed by atoms with van der Waals surface area (Å²) < 4.78 is 0. The van der Waals surface area contributed by atoms with Gasteiger partial charge in [0.05, 0.1) is 0 Å². The quantitative estimate of drug-likeness (QED) is 0.435. The molecule has 0 N–H and O–H groups in total. The maximum Gasteiger partial charge on any atom is 0.00932 e. The Bertz CT molecular complexity index is 53.2. The number of hydrogen-bond donors (Lipinski definition) is 0. The van der Waals surface area contributed by atoms with E-state index in [4.69, 9.17) is 0 Å². The van der Waals surface area contributed by atoms with Crippen molar-refractivity contribution in [3.63, 3.8) is 0 Å². The van der Waals surface area contributed by atoms with Gasteiger partial charge in [-0.1, -0.05) is 0 Å². The Labute approximate surface area is 45.3 Å². The van der Waals surface area contributed by atoms with Crippen LogP contribution in [0.2, 0.25) is 0 Å². The molecule has 1 atom stereocenters. The second-order valence-corrected chi connectivity index (χ2v) is 2.28. The first kappa shape index (κ1) is 5.10. The van der Waals surface area contributed by atoms with Crippen molar-refractivity contribution in [2.75, 3.05) is 13.6 Å². The molecule has 1 heterocycles. The zero-order valence-corrected chi connectivity index (χ0v) is 4.85. The summed E-state index contributed by atoms with van der Waals surface area (Å²) >= 11 is 0. The van der Waals surface area contributed by atoms with Crippen LogP contribution in [-0.2, 0) is 0 Å². The maximum absolute atomic E-state index is 3.94. The lowest BCUT2D eigenvalue weighted by molar-refractivity contribution is 0.355. The summed E-state index contributed by atoms with van der Waals surface area (Å²) in [7, 11) is 2.13. The van der Waals surface area contributed by atoms with E-state index in [1.54, 1.807) is 0 Å². The highest BCUT2D eigenvalue weighted by molar-refractivity contribution is 4.77. The Morgan fingerprint density at radius 1 is 1.71 bits per heavy atom. The van der Waals surface area contributed by atoms with E-state index in [0.717, 1.165) is 0 Å². The smallest absolute Gasteiger partial charge is 0.00932 e. The molecule has 1 radical (unpaired) electrons. The fourth-order valence-corrected chi connectivity index (χ4v) is 0.979. The Morgan fingerprint density at radius 2 is 2.43 bits per heavy atom. The van der Waals surface area contributed by atoms with Crippen LogP contribution in [0, 0.1) is 6.92 Å². The summed E-state index contributed by atoms with van der Waals surface area (Å²) in [5.41, 5.74) is 0. The third-order valence-corrected chi connectivity index (χ3v) is 1.67. The Kier molecular flexibility index (Phi) is 1.33. The Balaban J connectivity index is 2.33. The molecule has 0 spiro atoms. The van der Waals surface area contributed by atoms with E-state index < -0.39 is 0 Å². The number of nitrogens with zero attached hydrogens (tertiary/aromatic N) is 1. The minimum Gasteiger partial charge on any atom is -0.303 e. The molecule has 0 aromatic carbocycles. The van der Waals surface area contributed by atoms with Crippen LogP contribution in [0.1, 0.15) is 12.8 Å². The van der Waals surface area contributed by atoms with Gasteiger partial charge in [0, 0.05) is 6.04 Å². The van der Waals surface area contributed by atoms with Crippen LogP contribution < -0.4 is 0 Å². The van der Waals surface area contributed by atoms with Gasteiger partial charge in [-0.2, -0.15) is 0 Å². The van der Waals surface area contributed by atoms with Gasteiger partial charge in [0.1, 0.15) is 0 Å². The monoisotopic (exact) mass is 98.1 g/mol. The molecule has 7 heavy (non-hydrogen) atoms. The fraction of sp³-hybridized carbons (Fsp3) is 0.833. The average molecular weight is 98.2 g/mol. The van der Waals surface area contributed by atoms with Gasteiger partial charge in [0.25, 0.3) is 0 Å². The fourth-order valence-electron chi connectivity index (χ4n) is 0.979. The minimum absolute atomic E-state index is 0.597. The maximum atomic E-state index is 3.94. The molecule has 1 heteroatoms. The van der Waals surface area contributed by atoms with Crippen LogP contribution in [0.3, 0.4) is 0 Å². The van der Waals surface area contributed by atoms with Gasteiger partial charge in [-0.25, -0.2) is 0 Å². The number of hydrogen-bond acceptors (Lipinski definition) is 1. The first-order chi connectivity index (χ1) is 3.30. The highest BCUT2D eigenvalue weighted by Crippen LogP contribution is 2.11. The Morgan fingerprint density at radius 3 is 2.57 bits per heavy atom. The highest BCUT2D eigenvalue weighted by Gasteiger charge is 2.14. The predicted molar refractivity (Wildman–Crippen MR) is 31.0 cm³/mol. The van der Waals surface area contributed by atoms with Crippen molar-refractivity contribution in [2.45, 2.75) is 18.9 Å². The summed E-state index contributed by atoms with van der Waals surface area (Å²) in [4.78, 5) is 2.29. The normalized spacial score (nSPS) is 34.3. The molecule has 0 saturated carbocycles. The van der Waals surface area contributed by atoms with Gasteiger partial charge in [-0.05, 0) is 33.4 Å². The molecule has 0 aliphatic carbocycles. The molecule has 1 nitrogen and oxygen atoms in total. The van der Waals surface area contributed by atoms with Crippen molar-refractivity contribution in [2.24, 2.45) is 0 Å². The lowest BCUT2D eigenvalue weighted by Gasteiger charge is -2.11. The van der Waals surface area contributed by atoms with E-state index in [9.17, 15) is 0 Å². The lowest BCUT2D eigenvalue weighted by atomic mass is 10.3. The van der Waals surface area contributed by atoms with Gasteiger partial charge in [-0.3, -0.25) is 0 Å². The van der Waals surface area contributed by atoms with Crippen molar-refractivity contribution in [1.82, 2.24) is 4.90 Å². The zero-order chi connectivity index (χ0) is 5.28. The summed E-state index contributed by atoms with van der Waals surface area (Å²) in [6.07, 6.45) is 2.63. The van der Waals surface area contributed by atoms with Crippen molar-refractivity contribution in [3.8, 4) is 0 Å².